The first-order chi connectivity index (χ1) is 8.10. The number of carbonyl (C=O) groups is 1. The molecule has 1 aromatic rings. The van der Waals surface area contributed by atoms with E-state index in [2.05, 4.69) is 17.3 Å². The molecule has 0 radical (unpaired) electrons. The van der Waals surface area contributed by atoms with Gasteiger partial charge in [0.1, 0.15) is 5.69 Å². The molecule has 1 atom stereocenters. The highest BCUT2D eigenvalue weighted by molar-refractivity contribution is 5.92. The van der Waals surface area contributed by atoms with E-state index in [9.17, 15) is 4.79 Å². The lowest BCUT2D eigenvalue weighted by molar-refractivity contribution is 0.0731. The monoisotopic (exact) mass is 236 g/mol. The van der Waals surface area contributed by atoms with Gasteiger partial charge in [-0.1, -0.05) is 13.3 Å². The van der Waals surface area contributed by atoms with Gasteiger partial charge in [0.05, 0.1) is 11.9 Å². The van der Waals surface area contributed by atoms with Crippen LogP contribution in [0.25, 0.3) is 0 Å². The first kappa shape index (κ1) is 13.4. The minimum absolute atomic E-state index is 0.0606. The minimum Gasteiger partial charge on any atom is -0.338 e. The van der Waals surface area contributed by atoms with Crippen LogP contribution in [-0.2, 0) is 0 Å². The highest BCUT2D eigenvalue weighted by atomic mass is 16.2. The van der Waals surface area contributed by atoms with Crippen molar-refractivity contribution in [2.75, 3.05) is 12.5 Å². The number of nitrogens with two attached hydrogens (primary N) is 1. The standard InChI is InChI=1S/C12H20N4O/c1-4-5-9(2)16(3)12(17)11-7-6-10(15-13)8-14-11/h6-9,15H,4-5,13H2,1-3H3. The minimum atomic E-state index is -0.0606. The number of nitrogens with zero attached hydrogens (tertiary/aromatic N) is 2. The van der Waals surface area contributed by atoms with E-state index in [-0.39, 0.29) is 11.9 Å². The molecular weight excluding hydrogens is 216 g/mol. The molecule has 0 aliphatic carbocycles. The molecule has 0 saturated heterocycles. The third-order valence-electron chi connectivity index (χ3n) is 2.84. The average Bonchev–Trinajstić information content (AvgIpc) is 2.37. The first-order valence-corrected chi connectivity index (χ1v) is 5.80. The molecule has 1 heterocycles. The van der Waals surface area contributed by atoms with Crippen LogP contribution in [0.15, 0.2) is 18.3 Å². The van der Waals surface area contributed by atoms with Gasteiger partial charge in [-0.25, -0.2) is 4.98 Å². The zero-order chi connectivity index (χ0) is 12.8. The number of rotatable bonds is 5. The number of anilines is 1. The van der Waals surface area contributed by atoms with Crippen molar-refractivity contribution in [1.82, 2.24) is 9.88 Å². The second kappa shape index (κ2) is 6.20. The molecule has 1 amide bonds. The summed E-state index contributed by atoms with van der Waals surface area (Å²) in [6, 6.07) is 3.63. The number of hydrazine groups is 1. The molecule has 0 spiro atoms. The van der Waals surface area contributed by atoms with Crippen LogP contribution in [0.3, 0.4) is 0 Å². The Morgan fingerprint density at radius 3 is 2.76 bits per heavy atom. The van der Waals surface area contributed by atoms with Crippen LogP contribution in [0.4, 0.5) is 5.69 Å². The molecule has 0 saturated carbocycles. The molecule has 3 N–H and O–H groups in total. The number of hydrogen-bond acceptors (Lipinski definition) is 4. The maximum absolute atomic E-state index is 12.1. The van der Waals surface area contributed by atoms with Crippen LogP contribution in [0.2, 0.25) is 0 Å². The van der Waals surface area contributed by atoms with Gasteiger partial charge in [-0.15, -0.1) is 0 Å². The second-order valence-corrected chi connectivity index (χ2v) is 4.13. The zero-order valence-electron chi connectivity index (χ0n) is 10.6. The van der Waals surface area contributed by atoms with Crippen molar-refractivity contribution in [2.24, 2.45) is 5.84 Å². The second-order valence-electron chi connectivity index (χ2n) is 4.13. The van der Waals surface area contributed by atoms with Gasteiger partial charge in [0.25, 0.3) is 5.91 Å². The Balaban J connectivity index is 2.74. The normalized spacial score (nSPS) is 12.0. The summed E-state index contributed by atoms with van der Waals surface area (Å²) < 4.78 is 0. The summed E-state index contributed by atoms with van der Waals surface area (Å²) in [4.78, 5) is 17.9. The van der Waals surface area contributed by atoms with Crippen LogP contribution in [0.5, 0.6) is 0 Å². The van der Waals surface area contributed by atoms with Crippen molar-refractivity contribution in [2.45, 2.75) is 32.7 Å². The smallest absolute Gasteiger partial charge is 0.272 e. The summed E-state index contributed by atoms with van der Waals surface area (Å²) in [5, 5.41) is 0. The Morgan fingerprint density at radius 2 is 2.29 bits per heavy atom. The third kappa shape index (κ3) is 3.42. The van der Waals surface area contributed by atoms with Gasteiger partial charge in [0, 0.05) is 13.1 Å². The fourth-order valence-corrected chi connectivity index (χ4v) is 1.60. The van der Waals surface area contributed by atoms with Gasteiger partial charge in [0.15, 0.2) is 0 Å². The van der Waals surface area contributed by atoms with Crippen molar-refractivity contribution in [3.05, 3.63) is 24.0 Å². The Bertz CT molecular complexity index is 363. The van der Waals surface area contributed by atoms with Gasteiger partial charge in [-0.05, 0) is 25.5 Å². The summed E-state index contributed by atoms with van der Waals surface area (Å²) in [6.07, 6.45) is 3.60. The fraction of sp³-hybridized carbons (Fsp3) is 0.500. The lowest BCUT2D eigenvalue weighted by Gasteiger charge is -2.24. The van der Waals surface area contributed by atoms with E-state index in [0.717, 1.165) is 12.8 Å². The molecule has 5 nitrogen and oxygen atoms in total. The molecule has 1 unspecified atom stereocenters. The van der Waals surface area contributed by atoms with Crippen molar-refractivity contribution < 1.29 is 4.79 Å². The van der Waals surface area contributed by atoms with Crippen LogP contribution in [0, 0.1) is 0 Å². The summed E-state index contributed by atoms with van der Waals surface area (Å²) in [5.41, 5.74) is 3.60. The molecular formula is C12H20N4O. The summed E-state index contributed by atoms with van der Waals surface area (Å²) >= 11 is 0. The van der Waals surface area contributed by atoms with Crippen LogP contribution in [0.1, 0.15) is 37.2 Å². The van der Waals surface area contributed by atoms with Crippen LogP contribution >= 0.6 is 0 Å². The largest absolute Gasteiger partial charge is 0.338 e. The van der Waals surface area contributed by atoms with E-state index >= 15 is 0 Å². The number of aromatic nitrogens is 1. The highest BCUT2D eigenvalue weighted by Crippen LogP contribution is 2.10. The lowest BCUT2D eigenvalue weighted by Crippen LogP contribution is -2.35. The number of pyridine rings is 1. The summed E-state index contributed by atoms with van der Waals surface area (Å²) in [7, 11) is 1.80. The van der Waals surface area contributed by atoms with Crippen molar-refractivity contribution >= 4 is 11.6 Å². The number of nitrogens with one attached hydrogen (secondary N) is 1. The number of amides is 1. The molecule has 0 bridgehead atoms. The average molecular weight is 236 g/mol. The van der Waals surface area contributed by atoms with E-state index in [1.54, 1.807) is 30.3 Å². The summed E-state index contributed by atoms with van der Waals surface area (Å²) in [5.74, 6) is 5.18. The van der Waals surface area contributed by atoms with E-state index < -0.39 is 0 Å². The van der Waals surface area contributed by atoms with Crippen molar-refractivity contribution in [1.29, 1.82) is 0 Å². The molecule has 0 fully saturated rings. The van der Waals surface area contributed by atoms with Crippen molar-refractivity contribution in [3.63, 3.8) is 0 Å². The third-order valence-corrected chi connectivity index (χ3v) is 2.84. The van der Waals surface area contributed by atoms with Crippen molar-refractivity contribution in [3.8, 4) is 0 Å². The van der Waals surface area contributed by atoms with Gasteiger partial charge < -0.3 is 10.3 Å². The molecule has 17 heavy (non-hydrogen) atoms. The predicted molar refractivity (Wildman–Crippen MR) is 68.5 cm³/mol. The molecule has 5 heteroatoms. The molecule has 94 valence electrons. The van der Waals surface area contributed by atoms with E-state index in [0.29, 0.717) is 11.4 Å². The van der Waals surface area contributed by atoms with Gasteiger partial charge in [-0.3, -0.25) is 10.6 Å². The maximum atomic E-state index is 12.1. The SMILES string of the molecule is CCCC(C)N(C)C(=O)c1ccc(NN)cn1. The Hall–Kier alpha value is -1.62. The van der Waals surface area contributed by atoms with E-state index in [1.165, 1.54) is 0 Å². The molecule has 0 aromatic carbocycles. The topological polar surface area (TPSA) is 71.2 Å². The van der Waals surface area contributed by atoms with Gasteiger partial charge in [0.2, 0.25) is 0 Å². The van der Waals surface area contributed by atoms with Gasteiger partial charge >= 0.3 is 0 Å². The zero-order valence-corrected chi connectivity index (χ0v) is 10.6. The number of carbonyl (C=O) groups excluding carboxylic acids is 1. The molecule has 0 aliphatic rings. The quantitative estimate of drug-likeness (QED) is 0.602. The van der Waals surface area contributed by atoms with E-state index in [1.807, 2.05) is 6.92 Å². The Kier molecular flexibility index (Phi) is 4.90. The Labute approximate surface area is 102 Å². The summed E-state index contributed by atoms with van der Waals surface area (Å²) in [6.45, 7) is 4.14. The van der Waals surface area contributed by atoms with Gasteiger partial charge in [-0.2, -0.15) is 0 Å². The molecule has 1 rings (SSSR count). The first-order valence-electron chi connectivity index (χ1n) is 5.80. The lowest BCUT2D eigenvalue weighted by atomic mass is 10.1. The molecule has 0 aliphatic heterocycles. The predicted octanol–water partition coefficient (Wildman–Crippen LogP) is 1.63. The number of hydrogen-bond donors (Lipinski definition) is 2. The van der Waals surface area contributed by atoms with Crippen LogP contribution < -0.4 is 11.3 Å². The Morgan fingerprint density at radius 1 is 1.59 bits per heavy atom. The number of nitrogen functional groups attached to an aromatic ring is 1. The van der Waals surface area contributed by atoms with E-state index in [4.69, 9.17) is 5.84 Å². The van der Waals surface area contributed by atoms with Crippen LogP contribution in [-0.4, -0.2) is 28.9 Å². The highest BCUT2D eigenvalue weighted by Gasteiger charge is 2.17. The fourth-order valence-electron chi connectivity index (χ4n) is 1.60. The molecule has 1 aromatic heterocycles. The maximum Gasteiger partial charge on any atom is 0.272 e.